The highest BCUT2D eigenvalue weighted by Crippen LogP contribution is 2.20. The van der Waals surface area contributed by atoms with Gasteiger partial charge >= 0.3 is 11.9 Å². The number of hydrogen-bond acceptors (Lipinski definition) is 4. The summed E-state index contributed by atoms with van der Waals surface area (Å²) in [6.07, 6.45) is 2.25. The first-order valence-electron chi connectivity index (χ1n) is 6.16. The van der Waals surface area contributed by atoms with E-state index in [4.69, 9.17) is 10.2 Å². The molecule has 0 saturated carbocycles. The highest BCUT2D eigenvalue weighted by atomic mass is 16.4. The summed E-state index contributed by atoms with van der Waals surface area (Å²) in [7, 11) is 2.01. The molecule has 1 aromatic rings. The lowest BCUT2D eigenvalue weighted by Crippen LogP contribution is -2.37. The molecule has 108 valence electrons. The Hall–Kier alpha value is -2.34. The van der Waals surface area contributed by atoms with Crippen molar-refractivity contribution in [2.45, 2.75) is 12.5 Å². The van der Waals surface area contributed by atoms with Crippen molar-refractivity contribution >= 4 is 17.6 Å². The fraction of sp³-hybridized carbons (Fsp3) is 0.286. The van der Waals surface area contributed by atoms with E-state index >= 15 is 0 Å². The monoisotopic (exact) mass is 278 g/mol. The Morgan fingerprint density at radius 2 is 1.85 bits per heavy atom. The number of fused-ring (bicyclic) bond motifs is 1. The predicted octanol–water partition coefficient (Wildman–Crippen LogP) is 0.954. The summed E-state index contributed by atoms with van der Waals surface area (Å²) in [6.45, 7) is 1.04. The molecule has 6 heteroatoms. The molecular weight excluding hydrogens is 260 g/mol. The predicted molar refractivity (Wildman–Crippen MR) is 75.9 cm³/mol. The molecule has 0 bridgehead atoms. The summed E-state index contributed by atoms with van der Waals surface area (Å²) < 4.78 is 0. The molecule has 4 N–H and O–H groups in total. The molecule has 0 aromatic heterocycles. The number of carbonyl (C=O) groups is 2. The van der Waals surface area contributed by atoms with Gasteiger partial charge in [-0.25, -0.2) is 9.59 Å². The summed E-state index contributed by atoms with van der Waals surface area (Å²) >= 11 is 0. The Kier molecular flexibility index (Phi) is 6.25. The number of anilines is 1. The third kappa shape index (κ3) is 5.53. The van der Waals surface area contributed by atoms with Crippen LogP contribution in [0.15, 0.2) is 36.4 Å². The molecule has 0 saturated heterocycles. The maximum Gasteiger partial charge on any atom is 0.328 e. The van der Waals surface area contributed by atoms with E-state index in [9.17, 15) is 9.59 Å². The Balaban J connectivity index is 0.000000221. The minimum atomic E-state index is -1.26. The molecule has 1 aliphatic rings. The second kappa shape index (κ2) is 7.96. The topological polar surface area (TPSA) is 98.7 Å². The standard InChI is InChI=1S/C10H14N2.C4H4O4/c1-11-9-6-8-4-2-3-5-10(8)12-7-9;5-3(6)1-2-4(7)8/h2-5,9,11-12H,6-7H2,1H3;1-2H,(H,5,6)(H,7,8)/b;2-1+/t9-;/m1./s1. The van der Waals surface area contributed by atoms with Gasteiger partial charge < -0.3 is 20.8 Å². The number of nitrogens with one attached hydrogen (secondary N) is 2. The third-order valence-electron chi connectivity index (χ3n) is 2.80. The molecule has 0 spiro atoms. The van der Waals surface area contributed by atoms with Crippen LogP contribution in [0.1, 0.15) is 5.56 Å². The Labute approximate surface area is 117 Å². The van der Waals surface area contributed by atoms with Gasteiger partial charge in [-0.1, -0.05) is 18.2 Å². The van der Waals surface area contributed by atoms with Crippen LogP contribution in [0, 0.1) is 0 Å². The normalized spacial score (nSPS) is 16.6. The molecule has 0 radical (unpaired) electrons. The highest BCUT2D eigenvalue weighted by molar-refractivity contribution is 5.89. The van der Waals surface area contributed by atoms with Gasteiger partial charge in [-0.2, -0.15) is 0 Å². The molecule has 6 nitrogen and oxygen atoms in total. The largest absolute Gasteiger partial charge is 0.478 e. The second-order valence-corrected chi connectivity index (χ2v) is 4.24. The lowest BCUT2D eigenvalue weighted by atomic mass is 10.0. The van der Waals surface area contributed by atoms with Crippen molar-refractivity contribution in [3.63, 3.8) is 0 Å². The van der Waals surface area contributed by atoms with E-state index in [-0.39, 0.29) is 0 Å². The molecule has 1 aliphatic heterocycles. The van der Waals surface area contributed by atoms with Crippen molar-refractivity contribution in [2.24, 2.45) is 0 Å². The molecule has 1 atom stereocenters. The SMILES string of the molecule is CN[C@H]1CNc2ccccc2C1.O=C(O)/C=C/C(=O)O. The average molecular weight is 278 g/mol. The lowest BCUT2D eigenvalue weighted by molar-refractivity contribution is -0.134. The zero-order chi connectivity index (χ0) is 15.0. The zero-order valence-corrected chi connectivity index (χ0v) is 11.2. The number of carboxylic acid groups (broad SMARTS) is 2. The van der Waals surface area contributed by atoms with Crippen molar-refractivity contribution in [1.29, 1.82) is 0 Å². The average Bonchev–Trinajstić information content (AvgIpc) is 2.45. The molecule has 20 heavy (non-hydrogen) atoms. The van der Waals surface area contributed by atoms with Gasteiger partial charge in [0.15, 0.2) is 0 Å². The first-order chi connectivity index (χ1) is 9.52. The van der Waals surface area contributed by atoms with Crippen molar-refractivity contribution < 1.29 is 19.8 Å². The Morgan fingerprint density at radius 1 is 1.25 bits per heavy atom. The molecule has 0 unspecified atom stereocenters. The van der Waals surface area contributed by atoms with Crippen LogP contribution < -0.4 is 10.6 Å². The lowest BCUT2D eigenvalue weighted by Gasteiger charge is -2.25. The van der Waals surface area contributed by atoms with Crippen LogP contribution in [-0.2, 0) is 16.0 Å². The van der Waals surface area contributed by atoms with Crippen molar-refractivity contribution in [3.05, 3.63) is 42.0 Å². The molecule has 0 amide bonds. The highest BCUT2D eigenvalue weighted by Gasteiger charge is 2.14. The maximum atomic E-state index is 9.55. The summed E-state index contributed by atoms with van der Waals surface area (Å²) in [6, 6.07) is 9.08. The van der Waals surface area contributed by atoms with Gasteiger partial charge in [-0.3, -0.25) is 0 Å². The van der Waals surface area contributed by atoms with Crippen LogP contribution in [0.2, 0.25) is 0 Å². The fourth-order valence-electron chi connectivity index (χ4n) is 1.79. The number of carboxylic acids is 2. The number of hydrogen-bond donors (Lipinski definition) is 4. The number of likely N-dealkylation sites (N-methyl/N-ethyl adjacent to an activating group) is 1. The van der Waals surface area contributed by atoms with Gasteiger partial charge in [-0.05, 0) is 25.1 Å². The number of rotatable bonds is 3. The van der Waals surface area contributed by atoms with E-state index < -0.39 is 11.9 Å². The summed E-state index contributed by atoms with van der Waals surface area (Å²) in [5, 5.41) is 22.3. The van der Waals surface area contributed by atoms with Crippen LogP contribution in [0.3, 0.4) is 0 Å². The zero-order valence-electron chi connectivity index (χ0n) is 11.2. The van der Waals surface area contributed by atoms with Crippen LogP contribution in [0.5, 0.6) is 0 Å². The number of para-hydroxylation sites is 1. The minimum absolute atomic E-state index is 0.558. The van der Waals surface area contributed by atoms with E-state index in [2.05, 4.69) is 34.9 Å². The van der Waals surface area contributed by atoms with Gasteiger partial charge in [0.05, 0.1) is 0 Å². The molecule has 1 aromatic carbocycles. The van der Waals surface area contributed by atoms with Gasteiger partial charge in [0.25, 0.3) is 0 Å². The molecular formula is C14H18N2O4. The van der Waals surface area contributed by atoms with Crippen LogP contribution >= 0.6 is 0 Å². The van der Waals surface area contributed by atoms with E-state index in [1.807, 2.05) is 7.05 Å². The van der Waals surface area contributed by atoms with Gasteiger partial charge in [0, 0.05) is 30.4 Å². The molecule has 1 heterocycles. The van der Waals surface area contributed by atoms with Crippen molar-refractivity contribution in [1.82, 2.24) is 5.32 Å². The van der Waals surface area contributed by atoms with E-state index in [1.54, 1.807) is 0 Å². The maximum absolute atomic E-state index is 9.55. The van der Waals surface area contributed by atoms with Crippen LogP contribution in [0.4, 0.5) is 5.69 Å². The van der Waals surface area contributed by atoms with E-state index in [1.165, 1.54) is 11.3 Å². The molecule has 2 rings (SSSR count). The Morgan fingerprint density at radius 3 is 2.40 bits per heavy atom. The van der Waals surface area contributed by atoms with Crippen LogP contribution in [-0.4, -0.2) is 41.8 Å². The first-order valence-corrected chi connectivity index (χ1v) is 6.16. The van der Waals surface area contributed by atoms with Crippen LogP contribution in [0.25, 0.3) is 0 Å². The summed E-state index contributed by atoms with van der Waals surface area (Å²) in [5.41, 5.74) is 2.71. The summed E-state index contributed by atoms with van der Waals surface area (Å²) in [5.74, 6) is -2.51. The second-order valence-electron chi connectivity index (χ2n) is 4.24. The first kappa shape index (κ1) is 15.7. The van der Waals surface area contributed by atoms with E-state index in [0.29, 0.717) is 18.2 Å². The van der Waals surface area contributed by atoms with Gasteiger partial charge in [0.2, 0.25) is 0 Å². The van der Waals surface area contributed by atoms with E-state index in [0.717, 1.165) is 13.0 Å². The third-order valence-corrected chi connectivity index (χ3v) is 2.80. The number of benzene rings is 1. The minimum Gasteiger partial charge on any atom is -0.478 e. The number of aliphatic carboxylic acids is 2. The smallest absolute Gasteiger partial charge is 0.328 e. The molecule has 0 aliphatic carbocycles. The van der Waals surface area contributed by atoms with Gasteiger partial charge in [0.1, 0.15) is 0 Å². The molecule has 0 fully saturated rings. The van der Waals surface area contributed by atoms with Crippen molar-refractivity contribution in [3.8, 4) is 0 Å². The fourth-order valence-corrected chi connectivity index (χ4v) is 1.79. The van der Waals surface area contributed by atoms with Gasteiger partial charge in [-0.15, -0.1) is 0 Å². The quantitative estimate of drug-likeness (QED) is 0.615. The van der Waals surface area contributed by atoms with Crippen molar-refractivity contribution in [2.75, 3.05) is 18.9 Å². The summed E-state index contributed by atoms with van der Waals surface area (Å²) in [4.78, 5) is 19.1. The Bertz CT molecular complexity index is 484.